The Bertz CT molecular complexity index is 1230. The highest BCUT2D eigenvalue weighted by Gasteiger charge is 2.42. The van der Waals surface area contributed by atoms with Crippen LogP contribution >= 0.6 is 11.3 Å². The van der Waals surface area contributed by atoms with E-state index in [0.29, 0.717) is 6.54 Å². The van der Waals surface area contributed by atoms with E-state index in [1.807, 2.05) is 57.5 Å². The lowest BCUT2D eigenvalue weighted by Crippen LogP contribution is -2.50. The van der Waals surface area contributed by atoms with Crippen LogP contribution in [0.4, 0.5) is 0 Å². The first-order valence-electron chi connectivity index (χ1n) is 15.6. The minimum Gasteiger partial charge on any atom is -0.391 e. The molecule has 2 aromatic rings. The predicted octanol–water partition coefficient (Wildman–Crippen LogP) is 5.18. The number of aliphatic hydroxyl groups excluding tert-OH is 1. The molecule has 43 heavy (non-hydrogen) atoms. The summed E-state index contributed by atoms with van der Waals surface area (Å²) >= 11 is 1.59. The van der Waals surface area contributed by atoms with E-state index in [9.17, 15) is 19.5 Å². The average Bonchev–Trinajstić information content (AvgIpc) is 3.58. The Morgan fingerprint density at radius 1 is 1.05 bits per heavy atom. The number of hydrogen-bond donors (Lipinski definition) is 3. The molecule has 1 saturated heterocycles. The molecule has 2 heterocycles. The zero-order valence-corrected chi connectivity index (χ0v) is 27.0. The summed E-state index contributed by atoms with van der Waals surface area (Å²) in [6.45, 7) is 8.54. The summed E-state index contributed by atoms with van der Waals surface area (Å²) in [5.41, 5.74) is 9.75. The number of nitrogens with two attached hydrogens (primary N) is 1. The van der Waals surface area contributed by atoms with E-state index in [4.69, 9.17) is 5.73 Å². The van der Waals surface area contributed by atoms with Crippen molar-refractivity contribution in [3.8, 4) is 10.4 Å². The fourth-order valence-corrected chi connectivity index (χ4v) is 6.09. The standard InChI is InChI=1S/C33H49N5O4S/c1-23-29(43-22-36-23)25-16-14-24(15-17-25)20-35-31(41)27-19-26(39)21-38(27)32(42)30(33(2,3)4)37-28(40)13-11-9-7-5-6-8-10-12-18-34/h14-17,22,26-27,39H,5-13,18-21,34H2,1-4H3,(H,35,41)/t26?,27-/m0/s1. The molecular weight excluding hydrogens is 562 g/mol. The summed E-state index contributed by atoms with van der Waals surface area (Å²) in [4.78, 5) is 50.8. The topological polar surface area (TPSA) is 138 Å². The quantitative estimate of drug-likeness (QED) is 0.187. The number of carbonyl (C=O) groups excluding carboxylic acids is 3. The SMILES string of the molecule is Cc1ncsc1-c1ccc(CNC(=O)[C@@H]2CC(O)CN2C(=O)C(=NC(=O)CCCCCCCCCCN)C(C)(C)C)cc1. The number of β-amino-alcohol motifs (C(OH)–C–C–N with tert-alkyl or cyclic N) is 1. The van der Waals surface area contributed by atoms with Crippen molar-refractivity contribution in [3.63, 3.8) is 0 Å². The average molecular weight is 612 g/mol. The largest absolute Gasteiger partial charge is 0.391 e. The van der Waals surface area contributed by atoms with Crippen molar-refractivity contribution in [2.24, 2.45) is 16.1 Å². The number of unbranched alkanes of at least 4 members (excludes halogenated alkanes) is 7. The highest BCUT2D eigenvalue weighted by molar-refractivity contribution is 7.13. The van der Waals surface area contributed by atoms with Crippen molar-refractivity contribution >= 4 is 34.8 Å². The summed E-state index contributed by atoms with van der Waals surface area (Å²) in [6, 6.07) is 7.09. The first-order chi connectivity index (χ1) is 20.5. The van der Waals surface area contributed by atoms with Crippen molar-refractivity contribution < 1.29 is 19.5 Å². The van der Waals surface area contributed by atoms with Gasteiger partial charge in [0, 0.05) is 31.3 Å². The molecule has 1 aromatic heterocycles. The van der Waals surface area contributed by atoms with E-state index < -0.39 is 23.5 Å². The number of aliphatic imine (C=N–C) groups is 1. The number of thiazole rings is 1. The number of nitrogens with zero attached hydrogens (tertiary/aromatic N) is 3. The van der Waals surface area contributed by atoms with Crippen LogP contribution in [0.2, 0.25) is 0 Å². The molecule has 0 saturated carbocycles. The highest BCUT2D eigenvalue weighted by Crippen LogP contribution is 2.28. The number of aromatic nitrogens is 1. The molecule has 1 aromatic carbocycles. The molecule has 10 heteroatoms. The number of nitrogens with one attached hydrogen (secondary N) is 1. The number of amides is 3. The lowest BCUT2D eigenvalue weighted by molar-refractivity contribution is -0.134. The maximum Gasteiger partial charge on any atom is 0.269 e. The Morgan fingerprint density at radius 3 is 2.26 bits per heavy atom. The van der Waals surface area contributed by atoms with Crippen LogP contribution in [0.1, 0.15) is 96.2 Å². The molecular formula is C33H49N5O4S. The summed E-state index contributed by atoms with van der Waals surface area (Å²) in [7, 11) is 0. The Balaban J connectivity index is 1.56. The van der Waals surface area contributed by atoms with Gasteiger partial charge in [-0.2, -0.15) is 0 Å². The van der Waals surface area contributed by atoms with Crippen molar-refractivity contribution in [2.75, 3.05) is 13.1 Å². The normalized spacial score (nSPS) is 17.3. The first-order valence-corrected chi connectivity index (χ1v) is 16.5. The Hall–Kier alpha value is -2.95. The molecule has 236 valence electrons. The molecule has 2 atom stereocenters. The number of likely N-dealkylation sites (tertiary alicyclic amines) is 1. The highest BCUT2D eigenvalue weighted by atomic mass is 32.1. The fourth-order valence-electron chi connectivity index (χ4n) is 5.28. The minimum absolute atomic E-state index is 0.0222. The van der Waals surface area contributed by atoms with Crippen LogP contribution in [0.15, 0.2) is 34.8 Å². The summed E-state index contributed by atoms with van der Waals surface area (Å²) in [5, 5.41) is 13.3. The number of rotatable bonds is 15. The molecule has 4 N–H and O–H groups in total. The van der Waals surface area contributed by atoms with E-state index >= 15 is 0 Å². The lowest BCUT2D eigenvalue weighted by atomic mass is 9.88. The van der Waals surface area contributed by atoms with E-state index in [-0.39, 0.29) is 36.9 Å². The molecule has 0 spiro atoms. The van der Waals surface area contributed by atoms with E-state index in [2.05, 4.69) is 15.3 Å². The van der Waals surface area contributed by atoms with Gasteiger partial charge in [-0.15, -0.1) is 11.3 Å². The first kappa shape index (κ1) is 34.5. The Labute approximate surface area is 260 Å². The molecule has 3 rings (SSSR count). The van der Waals surface area contributed by atoms with Crippen LogP contribution in [-0.4, -0.2) is 63.7 Å². The number of benzene rings is 1. The maximum atomic E-state index is 13.7. The Morgan fingerprint density at radius 2 is 1.67 bits per heavy atom. The number of hydrogen-bond acceptors (Lipinski definition) is 7. The van der Waals surface area contributed by atoms with Gasteiger partial charge in [-0.25, -0.2) is 9.98 Å². The smallest absolute Gasteiger partial charge is 0.269 e. The molecule has 0 bridgehead atoms. The third-order valence-electron chi connectivity index (χ3n) is 7.77. The minimum atomic E-state index is -0.839. The predicted molar refractivity (Wildman–Crippen MR) is 173 cm³/mol. The Kier molecular flexibility index (Phi) is 13.5. The molecule has 1 aliphatic heterocycles. The number of aryl methyl sites for hydroxylation is 1. The van der Waals surface area contributed by atoms with E-state index in [1.165, 1.54) is 24.2 Å². The van der Waals surface area contributed by atoms with Crippen molar-refractivity contribution in [1.29, 1.82) is 0 Å². The van der Waals surface area contributed by atoms with Gasteiger partial charge >= 0.3 is 0 Å². The summed E-state index contributed by atoms with van der Waals surface area (Å²) in [6.07, 6.45) is 8.13. The van der Waals surface area contributed by atoms with Gasteiger partial charge in [-0.1, -0.05) is 83.6 Å². The van der Waals surface area contributed by atoms with Gasteiger partial charge in [0.05, 0.1) is 22.2 Å². The second kappa shape index (κ2) is 16.8. The van der Waals surface area contributed by atoms with E-state index in [0.717, 1.165) is 60.3 Å². The van der Waals surface area contributed by atoms with Crippen LogP contribution in [0.5, 0.6) is 0 Å². The fraction of sp³-hybridized carbons (Fsp3) is 0.606. The van der Waals surface area contributed by atoms with Crippen molar-refractivity contribution in [3.05, 3.63) is 41.0 Å². The molecule has 1 unspecified atom stereocenters. The van der Waals surface area contributed by atoms with Gasteiger partial charge in [0.25, 0.3) is 5.91 Å². The van der Waals surface area contributed by atoms with Crippen molar-refractivity contribution in [1.82, 2.24) is 15.2 Å². The van der Waals surface area contributed by atoms with Crippen LogP contribution in [0, 0.1) is 12.3 Å². The third-order valence-corrected chi connectivity index (χ3v) is 8.74. The zero-order chi connectivity index (χ0) is 31.4. The zero-order valence-electron chi connectivity index (χ0n) is 26.2. The van der Waals surface area contributed by atoms with Gasteiger partial charge in [-0.3, -0.25) is 14.4 Å². The van der Waals surface area contributed by atoms with Crippen LogP contribution in [0.25, 0.3) is 10.4 Å². The van der Waals surface area contributed by atoms with Crippen molar-refractivity contribution in [2.45, 2.75) is 111 Å². The van der Waals surface area contributed by atoms with Crippen LogP contribution < -0.4 is 11.1 Å². The number of carbonyl (C=O) groups is 3. The second-order valence-electron chi connectivity index (χ2n) is 12.5. The molecule has 9 nitrogen and oxygen atoms in total. The van der Waals surface area contributed by atoms with Crippen LogP contribution in [0.3, 0.4) is 0 Å². The second-order valence-corrected chi connectivity index (χ2v) is 13.4. The monoisotopic (exact) mass is 611 g/mol. The summed E-state index contributed by atoms with van der Waals surface area (Å²) in [5.74, 6) is -1.13. The third kappa shape index (κ3) is 10.6. The van der Waals surface area contributed by atoms with Crippen LogP contribution in [-0.2, 0) is 20.9 Å². The van der Waals surface area contributed by atoms with Gasteiger partial charge < -0.3 is 21.1 Å². The van der Waals surface area contributed by atoms with Gasteiger partial charge in [0.15, 0.2) is 0 Å². The van der Waals surface area contributed by atoms with Gasteiger partial charge in [0.1, 0.15) is 11.8 Å². The molecule has 1 fully saturated rings. The molecule has 3 amide bonds. The maximum absolute atomic E-state index is 13.7. The molecule has 1 aliphatic rings. The van der Waals surface area contributed by atoms with Gasteiger partial charge in [-0.05, 0) is 37.4 Å². The van der Waals surface area contributed by atoms with E-state index in [1.54, 1.807) is 11.3 Å². The van der Waals surface area contributed by atoms with Gasteiger partial charge in [0.2, 0.25) is 11.8 Å². The molecule has 0 radical (unpaired) electrons. The lowest BCUT2D eigenvalue weighted by Gasteiger charge is -2.28. The summed E-state index contributed by atoms with van der Waals surface area (Å²) < 4.78 is 0. The number of aliphatic hydroxyl groups is 1. The molecule has 0 aliphatic carbocycles.